The van der Waals surface area contributed by atoms with Crippen LogP contribution in [0.4, 0.5) is 0 Å². The number of furan rings is 1. The molecule has 0 aliphatic carbocycles. The topological polar surface area (TPSA) is 103 Å². The van der Waals surface area contributed by atoms with Gasteiger partial charge in [0.05, 0.1) is 54.9 Å². The third-order valence-electron chi connectivity index (χ3n) is 7.17. The summed E-state index contributed by atoms with van der Waals surface area (Å²) in [4.78, 5) is 17.7. The molecule has 0 radical (unpaired) electrons. The number of hydrogen-bond donors (Lipinski definition) is 2. The Kier molecular flexibility index (Phi) is 5.55. The molecule has 176 valence electrons. The summed E-state index contributed by atoms with van der Waals surface area (Å²) < 4.78 is 24.0. The first-order valence-corrected chi connectivity index (χ1v) is 11.9. The number of fused-ring (bicyclic) bond motifs is 4. The minimum absolute atomic E-state index is 0.00216. The molecule has 3 aliphatic rings. The molecule has 2 bridgehead atoms. The third-order valence-corrected chi connectivity index (χ3v) is 7.17. The lowest BCUT2D eigenvalue weighted by molar-refractivity contribution is -0.127. The van der Waals surface area contributed by atoms with Crippen molar-refractivity contribution < 1.29 is 28.4 Å². The molecule has 3 aromatic rings. The molecule has 2 fully saturated rings. The number of nitrogens with one attached hydrogen (secondary N) is 1. The normalized spacial score (nSPS) is 24.2. The van der Waals surface area contributed by atoms with E-state index in [1.165, 1.54) is 0 Å². The molecular formula is C25H27BN2O6. The molecule has 1 amide bonds. The van der Waals surface area contributed by atoms with Gasteiger partial charge >= 0.3 is 7.12 Å². The number of pyridine rings is 1. The molecule has 0 saturated carbocycles. The summed E-state index contributed by atoms with van der Waals surface area (Å²) in [6.07, 6.45) is 5.15. The molecule has 0 spiro atoms. The van der Waals surface area contributed by atoms with E-state index in [1.807, 2.05) is 31.2 Å². The van der Waals surface area contributed by atoms with Crippen molar-refractivity contribution in [2.45, 2.75) is 64.0 Å². The molecule has 2 N–H and O–H groups in total. The van der Waals surface area contributed by atoms with Crippen molar-refractivity contribution in [3.8, 4) is 5.75 Å². The fourth-order valence-electron chi connectivity index (χ4n) is 5.51. The van der Waals surface area contributed by atoms with Crippen LogP contribution in [-0.4, -0.2) is 41.3 Å². The van der Waals surface area contributed by atoms with Gasteiger partial charge in [-0.25, -0.2) is 0 Å². The highest BCUT2D eigenvalue weighted by Crippen LogP contribution is 2.39. The van der Waals surface area contributed by atoms with E-state index in [9.17, 15) is 9.90 Å². The molecule has 5 heterocycles. The fourth-order valence-corrected chi connectivity index (χ4v) is 5.51. The number of benzene rings is 1. The summed E-state index contributed by atoms with van der Waals surface area (Å²) in [5.74, 6) is 0.0490. The number of aryl methyl sites for hydroxylation is 1. The molecule has 34 heavy (non-hydrogen) atoms. The minimum atomic E-state index is -0.690. The van der Waals surface area contributed by atoms with E-state index in [2.05, 4.69) is 10.3 Å². The molecule has 1 aromatic carbocycles. The number of carbonyl (C=O) groups is 1. The maximum Gasteiger partial charge on any atom is 0.550 e. The summed E-state index contributed by atoms with van der Waals surface area (Å²) in [5, 5.41) is 13.7. The number of carbonyl (C=O) groups excluding carboxylic acids is 1. The van der Waals surface area contributed by atoms with Gasteiger partial charge in [-0.2, -0.15) is 0 Å². The SMILES string of the molecule is Cc1nc(CO)cc2c1OB([C@H](Cc1coc3ccccc13)NC(=O)[C@@H]1C[C@H]3CC[C@@H]1O3)OC2. The second-order valence-corrected chi connectivity index (χ2v) is 9.44. The number of rotatable bonds is 6. The van der Waals surface area contributed by atoms with Gasteiger partial charge in [0.1, 0.15) is 11.3 Å². The first kappa shape index (κ1) is 21.6. The lowest BCUT2D eigenvalue weighted by Crippen LogP contribution is -2.55. The standard InChI is InChI=1S/C25H27BN2O6/c1-14-24-16(8-17(11-29)27-14)13-32-26(34-24)23(9-15-12-31-21-5-3-2-4-19(15)21)28-25(30)20-10-18-6-7-22(20)33-18/h2-5,8,12,18,20,22-23,29H,6-7,9-11,13H2,1H3,(H,28,30)/t18-,20-,22+,23+/m1/s1. The molecule has 4 atom stereocenters. The predicted octanol–water partition coefficient (Wildman–Crippen LogP) is 2.86. The Morgan fingerprint density at radius 3 is 3.00 bits per heavy atom. The van der Waals surface area contributed by atoms with Crippen molar-refractivity contribution in [2.75, 3.05) is 0 Å². The molecule has 2 aromatic heterocycles. The molecule has 0 unspecified atom stereocenters. The number of nitrogens with zero attached hydrogens (tertiary/aromatic N) is 1. The number of ether oxygens (including phenoxy) is 1. The Morgan fingerprint density at radius 1 is 1.32 bits per heavy atom. The van der Waals surface area contributed by atoms with E-state index < -0.39 is 13.1 Å². The second-order valence-electron chi connectivity index (χ2n) is 9.44. The van der Waals surface area contributed by atoms with Gasteiger partial charge in [-0.1, -0.05) is 18.2 Å². The average Bonchev–Trinajstić information content (AvgIpc) is 3.60. The van der Waals surface area contributed by atoms with E-state index in [0.717, 1.165) is 41.4 Å². The Morgan fingerprint density at radius 2 is 2.21 bits per heavy atom. The fraction of sp³-hybridized carbons (Fsp3) is 0.440. The molecule has 8 nitrogen and oxygen atoms in total. The maximum atomic E-state index is 13.3. The van der Waals surface area contributed by atoms with Crippen LogP contribution in [0.1, 0.15) is 41.8 Å². The largest absolute Gasteiger partial charge is 0.550 e. The van der Waals surface area contributed by atoms with Gasteiger partial charge in [0.2, 0.25) is 5.91 Å². The lowest BCUT2D eigenvalue weighted by atomic mass is 9.73. The minimum Gasteiger partial charge on any atom is -0.533 e. The zero-order valence-corrected chi connectivity index (χ0v) is 19.0. The number of para-hydroxylation sites is 1. The van der Waals surface area contributed by atoms with E-state index >= 15 is 0 Å². The number of aliphatic hydroxyl groups excluding tert-OH is 1. The molecular weight excluding hydrogens is 435 g/mol. The highest BCUT2D eigenvalue weighted by Gasteiger charge is 2.46. The second kappa shape index (κ2) is 8.72. The van der Waals surface area contributed by atoms with E-state index in [1.54, 1.807) is 12.3 Å². The van der Waals surface area contributed by atoms with Crippen molar-refractivity contribution in [1.29, 1.82) is 0 Å². The van der Waals surface area contributed by atoms with E-state index in [4.69, 9.17) is 18.5 Å². The van der Waals surface area contributed by atoms with Gasteiger partial charge in [0.15, 0.2) is 0 Å². The van der Waals surface area contributed by atoms with Crippen molar-refractivity contribution in [3.63, 3.8) is 0 Å². The van der Waals surface area contributed by atoms with Gasteiger partial charge in [-0.3, -0.25) is 9.78 Å². The van der Waals surface area contributed by atoms with Crippen LogP contribution in [0.5, 0.6) is 5.75 Å². The predicted molar refractivity (Wildman–Crippen MR) is 124 cm³/mol. The lowest BCUT2D eigenvalue weighted by Gasteiger charge is -2.31. The number of aromatic nitrogens is 1. The summed E-state index contributed by atoms with van der Waals surface area (Å²) in [6, 6.07) is 9.64. The zero-order chi connectivity index (χ0) is 23.2. The van der Waals surface area contributed by atoms with Crippen molar-refractivity contribution >= 4 is 24.0 Å². The van der Waals surface area contributed by atoms with Gasteiger partial charge in [0, 0.05) is 10.9 Å². The maximum absolute atomic E-state index is 13.3. The van der Waals surface area contributed by atoms with Crippen LogP contribution in [0, 0.1) is 12.8 Å². The number of aliphatic hydroxyl groups is 1. The van der Waals surface area contributed by atoms with Crippen molar-refractivity contribution in [2.24, 2.45) is 5.92 Å². The van der Waals surface area contributed by atoms with Crippen LogP contribution >= 0.6 is 0 Å². The Labute approximate surface area is 197 Å². The Balaban J connectivity index is 1.28. The summed E-state index contributed by atoms with van der Waals surface area (Å²) in [7, 11) is -0.690. The van der Waals surface area contributed by atoms with Crippen LogP contribution in [0.15, 0.2) is 41.0 Å². The van der Waals surface area contributed by atoms with Gasteiger partial charge in [-0.15, -0.1) is 0 Å². The van der Waals surface area contributed by atoms with Crippen LogP contribution in [0.2, 0.25) is 0 Å². The van der Waals surface area contributed by atoms with E-state index in [0.29, 0.717) is 30.2 Å². The quantitative estimate of drug-likeness (QED) is 0.543. The van der Waals surface area contributed by atoms with Crippen LogP contribution in [0.25, 0.3) is 11.0 Å². The highest BCUT2D eigenvalue weighted by atomic mass is 16.6. The van der Waals surface area contributed by atoms with Gasteiger partial charge in [-0.05, 0) is 50.3 Å². The molecule has 3 aliphatic heterocycles. The number of amides is 1. The monoisotopic (exact) mass is 462 g/mol. The average molecular weight is 462 g/mol. The van der Waals surface area contributed by atoms with Crippen molar-refractivity contribution in [1.82, 2.24) is 10.3 Å². The first-order chi connectivity index (χ1) is 16.6. The Bertz CT molecular complexity index is 1230. The first-order valence-electron chi connectivity index (χ1n) is 11.9. The number of hydrogen-bond acceptors (Lipinski definition) is 7. The van der Waals surface area contributed by atoms with Gasteiger partial charge in [0.25, 0.3) is 0 Å². The van der Waals surface area contributed by atoms with Crippen LogP contribution < -0.4 is 9.97 Å². The third kappa shape index (κ3) is 3.87. The van der Waals surface area contributed by atoms with E-state index in [-0.39, 0.29) is 30.6 Å². The van der Waals surface area contributed by atoms with Crippen LogP contribution in [0.3, 0.4) is 0 Å². The Hall–Kier alpha value is -2.88. The highest BCUT2D eigenvalue weighted by molar-refractivity contribution is 6.48. The molecule has 9 heteroatoms. The summed E-state index contributed by atoms with van der Waals surface area (Å²) >= 11 is 0. The molecule has 6 rings (SSSR count). The zero-order valence-electron chi connectivity index (χ0n) is 19.0. The smallest absolute Gasteiger partial charge is 0.533 e. The summed E-state index contributed by atoms with van der Waals surface area (Å²) in [6.45, 7) is 2.02. The van der Waals surface area contributed by atoms with Crippen LogP contribution in [-0.2, 0) is 33.8 Å². The molecule has 2 saturated heterocycles. The van der Waals surface area contributed by atoms with Crippen molar-refractivity contribution in [3.05, 3.63) is 59.1 Å². The van der Waals surface area contributed by atoms with Gasteiger partial charge < -0.3 is 28.9 Å². The summed E-state index contributed by atoms with van der Waals surface area (Å²) in [5.41, 5.74) is 3.89.